The van der Waals surface area contributed by atoms with E-state index in [1.807, 2.05) is 0 Å². The molecule has 0 spiro atoms. The highest BCUT2D eigenvalue weighted by atomic mass is 15.2. The van der Waals surface area contributed by atoms with E-state index in [1.54, 1.807) is 0 Å². The van der Waals surface area contributed by atoms with Crippen LogP contribution in [0.2, 0.25) is 0 Å². The third kappa shape index (κ3) is 2.40. The molecule has 2 fully saturated rings. The summed E-state index contributed by atoms with van der Waals surface area (Å²) in [5, 5.41) is 0. The average molecular weight is 272 g/mol. The normalized spacial score (nSPS) is 28.4. The van der Waals surface area contributed by atoms with E-state index in [0.29, 0.717) is 6.04 Å². The molecule has 0 aromatic heterocycles. The van der Waals surface area contributed by atoms with Crippen LogP contribution in [0.1, 0.15) is 54.8 Å². The number of likely N-dealkylation sites (tertiary alicyclic amines) is 1. The lowest BCUT2D eigenvalue weighted by Crippen LogP contribution is -2.40. The number of rotatable bonds is 3. The van der Waals surface area contributed by atoms with Crippen molar-refractivity contribution in [3.63, 3.8) is 0 Å². The number of benzene rings is 1. The van der Waals surface area contributed by atoms with Gasteiger partial charge in [-0.15, -0.1) is 0 Å². The molecule has 0 radical (unpaired) electrons. The van der Waals surface area contributed by atoms with E-state index in [2.05, 4.69) is 36.9 Å². The van der Waals surface area contributed by atoms with Crippen LogP contribution in [-0.2, 0) is 0 Å². The van der Waals surface area contributed by atoms with Gasteiger partial charge in [-0.05, 0) is 62.3 Å². The number of aryl methyl sites for hydroxylation is 1. The van der Waals surface area contributed by atoms with Gasteiger partial charge < -0.3 is 5.73 Å². The number of nitrogens with two attached hydrogens (primary N) is 1. The second kappa shape index (κ2) is 5.87. The zero-order valence-electron chi connectivity index (χ0n) is 12.9. The Morgan fingerprint density at radius 3 is 2.80 bits per heavy atom. The topological polar surface area (TPSA) is 29.3 Å². The van der Waals surface area contributed by atoms with Crippen molar-refractivity contribution in [2.24, 2.45) is 11.7 Å². The smallest absolute Gasteiger partial charge is 0.0476 e. The Balaban J connectivity index is 1.88. The van der Waals surface area contributed by atoms with Crippen LogP contribution < -0.4 is 5.73 Å². The zero-order valence-corrected chi connectivity index (χ0v) is 12.9. The molecule has 1 saturated heterocycles. The van der Waals surface area contributed by atoms with Crippen molar-refractivity contribution in [2.75, 3.05) is 13.1 Å². The summed E-state index contributed by atoms with van der Waals surface area (Å²) in [6.07, 6.45) is 7.04. The van der Waals surface area contributed by atoms with Crippen molar-refractivity contribution in [3.8, 4) is 0 Å². The van der Waals surface area contributed by atoms with E-state index in [1.165, 1.54) is 55.3 Å². The molecule has 2 nitrogen and oxygen atoms in total. The molecule has 1 aromatic rings. The highest BCUT2D eigenvalue weighted by molar-refractivity contribution is 5.35. The standard InChI is InChI=1S/C18H28N2/c1-13-6-5-8-16(14(13)2)18(12-19)20-11-10-15-7-3-4-9-17(15)20/h5-6,8,15,17-18H,3-4,7,9-12,19H2,1-2H3. The van der Waals surface area contributed by atoms with E-state index in [9.17, 15) is 0 Å². The fraction of sp³-hybridized carbons (Fsp3) is 0.667. The maximum Gasteiger partial charge on any atom is 0.0476 e. The summed E-state index contributed by atoms with van der Waals surface area (Å²) >= 11 is 0. The lowest BCUT2D eigenvalue weighted by molar-refractivity contribution is 0.135. The molecule has 1 saturated carbocycles. The van der Waals surface area contributed by atoms with Crippen LogP contribution >= 0.6 is 0 Å². The maximum atomic E-state index is 6.18. The van der Waals surface area contributed by atoms with E-state index < -0.39 is 0 Å². The molecule has 2 heteroatoms. The summed E-state index contributed by atoms with van der Waals surface area (Å²) in [6, 6.07) is 7.89. The van der Waals surface area contributed by atoms with Crippen molar-refractivity contribution in [1.82, 2.24) is 4.90 Å². The molecular weight excluding hydrogens is 244 g/mol. The zero-order chi connectivity index (χ0) is 14.1. The first-order valence-electron chi connectivity index (χ1n) is 8.24. The Morgan fingerprint density at radius 2 is 2.00 bits per heavy atom. The van der Waals surface area contributed by atoms with Gasteiger partial charge >= 0.3 is 0 Å². The molecule has 1 aliphatic carbocycles. The quantitative estimate of drug-likeness (QED) is 0.911. The molecular formula is C18H28N2. The van der Waals surface area contributed by atoms with Crippen molar-refractivity contribution < 1.29 is 0 Å². The molecule has 0 bridgehead atoms. The van der Waals surface area contributed by atoms with Gasteiger partial charge in [0.05, 0.1) is 0 Å². The maximum absolute atomic E-state index is 6.18. The Bertz CT molecular complexity index is 468. The second-order valence-corrected chi connectivity index (χ2v) is 6.68. The highest BCUT2D eigenvalue weighted by Crippen LogP contribution is 2.41. The van der Waals surface area contributed by atoms with E-state index in [4.69, 9.17) is 5.73 Å². The fourth-order valence-corrected chi connectivity index (χ4v) is 4.40. The summed E-state index contributed by atoms with van der Waals surface area (Å²) in [5.74, 6) is 0.933. The highest BCUT2D eigenvalue weighted by Gasteiger charge is 2.39. The Morgan fingerprint density at radius 1 is 1.20 bits per heavy atom. The first-order valence-corrected chi connectivity index (χ1v) is 8.24. The van der Waals surface area contributed by atoms with Gasteiger partial charge in [0, 0.05) is 18.6 Å². The SMILES string of the molecule is Cc1cccc(C(CN)N2CCC3CCCCC32)c1C. The molecule has 110 valence electrons. The molecule has 2 aliphatic rings. The Labute approximate surface area is 123 Å². The summed E-state index contributed by atoms with van der Waals surface area (Å²) in [6.45, 7) is 6.44. The monoisotopic (exact) mass is 272 g/mol. The minimum absolute atomic E-state index is 0.419. The predicted octanol–water partition coefficient (Wildman–Crippen LogP) is 3.57. The molecule has 3 atom stereocenters. The number of hydrogen-bond donors (Lipinski definition) is 1. The van der Waals surface area contributed by atoms with Crippen molar-refractivity contribution in [3.05, 3.63) is 34.9 Å². The van der Waals surface area contributed by atoms with Crippen LogP contribution in [0.25, 0.3) is 0 Å². The van der Waals surface area contributed by atoms with Gasteiger partial charge in [-0.2, -0.15) is 0 Å². The largest absolute Gasteiger partial charge is 0.329 e. The fourth-order valence-electron chi connectivity index (χ4n) is 4.40. The van der Waals surface area contributed by atoms with Crippen molar-refractivity contribution >= 4 is 0 Å². The van der Waals surface area contributed by atoms with Gasteiger partial charge in [-0.1, -0.05) is 31.0 Å². The molecule has 0 amide bonds. The van der Waals surface area contributed by atoms with E-state index in [-0.39, 0.29) is 0 Å². The van der Waals surface area contributed by atoms with Crippen molar-refractivity contribution in [1.29, 1.82) is 0 Å². The molecule has 1 aliphatic heterocycles. The Kier molecular flexibility index (Phi) is 4.13. The second-order valence-electron chi connectivity index (χ2n) is 6.68. The average Bonchev–Trinajstić information content (AvgIpc) is 2.88. The van der Waals surface area contributed by atoms with Gasteiger partial charge in [-0.25, -0.2) is 0 Å². The minimum atomic E-state index is 0.419. The molecule has 3 unspecified atom stereocenters. The van der Waals surface area contributed by atoms with Gasteiger partial charge in [0.2, 0.25) is 0 Å². The van der Waals surface area contributed by atoms with Crippen LogP contribution in [0.15, 0.2) is 18.2 Å². The minimum Gasteiger partial charge on any atom is -0.329 e. The molecule has 1 heterocycles. The van der Waals surface area contributed by atoms with Crippen LogP contribution in [0.5, 0.6) is 0 Å². The van der Waals surface area contributed by atoms with E-state index >= 15 is 0 Å². The van der Waals surface area contributed by atoms with Gasteiger partial charge in [0.1, 0.15) is 0 Å². The van der Waals surface area contributed by atoms with Gasteiger partial charge in [0.15, 0.2) is 0 Å². The third-order valence-corrected chi connectivity index (χ3v) is 5.68. The molecule has 20 heavy (non-hydrogen) atoms. The lowest BCUT2D eigenvalue weighted by Gasteiger charge is -2.37. The number of nitrogens with zero attached hydrogens (tertiary/aromatic N) is 1. The van der Waals surface area contributed by atoms with Gasteiger partial charge in [-0.3, -0.25) is 4.90 Å². The first-order chi connectivity index (χ1) is 9.72. The summed E-state index contributed by atoms with van der Waals surface area (Å²) in [5.41, 5.74) is 10.5. The van der Waals surface area contributed by atoms with Gasteiger partial charge in [0.25, 0.3) is 0 Å². The predicted molar refractivity (Wildman–Crippen MR) is 84.8 cm³/mol. The first kappa shape index (κ1) is 14.1. The molecule has 1 aromatic carbocycles. The summed E-state index contributed by atoms with van der Waals surface area (Å²) < 4.78 is 0. The van der Waals surface area contributed by atoms with E-state index in [0.717, 1.165) is 18.5 Å². The van der Waals surface area contributed by atoms with Crippen LogP contribution in [0.4, 0.5) is 0 Å². The lowest BCUT2D eigenvalue weighted by atomic mass is 9.84. The number of hydrogen-bond acceptors (Lipinski definition) is 2. The molecule has 2 N–H and O–H groups in total. The Hall–Kier alpha value is -0.860. The van der Waals surface area contributed by atoms with Crippen molar-refractivity contribution in [2.45, 2.75) is 58.0 Å². The summed E-state index contributed by atoms with van der Waals surface area (Å²) in [4.78, 5) is 2.73. The summed E-state index contributed by atoms with van der Waals surface area (Å²) in [7, 11) is 0. The third-order valence-electron chi connectivity index (χ3n) is 5.68. The van der Waals surface area contributed by atoms with Crippen LogP contribution in [0, 0.1) is 19.8 Å². The van der Waals surface area contributed by atoms with Crippen LogP contribution in [0.3, 0.4) is 0 Å². The number of fused-ring (bicyclic) bond motifs is 1. The molecule has 3 rings (SSSR count). The van der Waals surface area contributed by atoms with Crippen LogP contribution in [-0.4, -0.2) is 24.0 Å².